The van der Waals surface area contributed by atoms with Gasteiger partial charge in [-0.2, -0.15) is 0 Å². The van der Waals surface area contributed by atoms with Crippen LogP contribution in [0.2, 0.25) is 0 Å². The van der Waals surface area contributed by atoms with Crippen molar-refractivity contribution in [3.05, 3.63) is 60.2 Å². The lowest BCUT2D eigenvalue weighted by atomic mass is 9.95. The van der Waals surface area contributed by atoms with Gasteiger partial charge in [0.1, 0.15) is 24.7 Å². The number of hydrogen-bond acceptors (Lipinski definition) is 3. The minimum Gasteiger partial charge on any atom is -0.490 e. The van der Waals surface area contributed by atoms with E-state index in [1.165, 1.54) is 5.56 Å². The van der Waals surface area contributed by atoms with Gasteiger partial charge in [-0.05, 0) is 41.7 Å². The van der Waals surface area contributed by atoms with Gasteiger partial charge >= 0.3 is 0 Å². The minimum absolute atomic E-state index is 0.287. The Hall–Kier alpha value is -2.00. The van der Waals surface area contributed by atoms with Gasteiger partial charge in [-0.25, -0.2) is 0 Å². The Labute approximate surface area is 152 Å². The molecule has 0 amide bonds. The summed E-state index contributed by atoms with van der Waals surface area (Å²) in [7, 11) is 0. The molecule has 0 heterocycles. The molecule has 3 nitrogen and oxygen atoms in total. The maximum absolute atomic E-state index is 5.76. The van der Waals surface area contributed by atoms with Crippen LogP contribution in [-0.2, 0) is 0 Å². The average Bonchev–Trinajstić information content (AvgIpc) is 2.60. The summed E-state index contributed by atoms with van der Waals surface area (Å²) in [5.74, 6) is 1.75. The first kappa shape index (κ1) is 19.3. The smallest absolute Gasteiger partial charge is 0.122 e. The molecule has 1 atom stereocenters. The van der Waals surface area contributed by atoms with Crippen LogP contribution in [0.4, 0.5) is 0 Å². The van der Waals surface area contributed by atoms with Crippen molar-refractivity contribution in [2.75, 3.05) is 19.8 Å². The first-order chi connectivity index (χ1) is 12.0. The molecule has 0 fully saturated rings. The molecule has 0 saturated heterocycles. The lowest BCUT2D eigenvalue weighted by Gasteiger charge is -2.24. The van der Waals surface area contributed by atoms with Gasteiger partial charge in [-0.1, -0.05) is 58.0 Å². The van der Waals surface area contributed by atoms with Crippen LogP contribution in [0.15, 0.2) is 54.6 Å². The Kier molecular flexibility index (Phi) is 7.32. The highest BCUT2D eigenvalue weighted by Crippen LogP contribution is 2.22. The highest BCUT2D eigenvalue weighted by Gasteiger charge is 2.14. The molecule has 0 aliphatic heterocycles. The first-order valence-corrected chi connectivity index (χ1v) is 9.12. The number of rotatable bonds is 9. The van der Waals surface area contributed by atoms with Crippen molar-refractivity contribution in [3.63, 3.8) is 0 Å². The van der Waals surface area contributed by atoms with E-state index in [0.717, 1.165) is 24.5 Å². The number of hydrogen-bond donors (Lipinski definition) is 1. The van der Waals surface area contributed by atoms with Gasteiger partial charge in [0.05, 0.1) is 0 Å². The van der Waals surface area contributed by atoms with Gasteiger partial charge in [0, 0.05) is 12.6 Å². The van der Waals surface area contributed by atoms with E-state index >= 15 is 0 Å². The second-order valence-corrected chi connectivity index (χ2v) is 7.48. The summed E-state index contributed by atoms with van der Waals surface area (Å²) in [4.78, 5) is 0. The van der Waals surface area contributed by atoms with Crippen molar-refractivity contribution in [2.24, 2.45) is 5.41 Å². The molecule has 2 aromatic rings. The fourth-order valence-corrected chi connectivity index (χ4v) is 2.56. The summed E-state index contributed by atoms with van der Waals surface area (Å²) >= 11 is 0. The highest BCUT2D eigenvalue weighted by atomic mass is 16.5. The van der Waals surface area contributed by atoms with Crippen molar-refractivity contribution in [2.45, 2.75) is 40.2 Å². The molecule has 2 aromatic carbocycles. The van der Waals surface area contributed by atoms with Crippen LogP contribution < -0.4 is 14.8 Å². The summed E-state index contributed by atoms with van der Waals surface area (Å²) in [5, 5.41) is 3.65. The Morgan fingerprint density at radius 1 is 0.840 bits per heavy atom. The zero-order valence-electron chi connectivity index (χ0n) is 15.9. The van der Waals surface area contributed by atoms with Crippen LogP contribution in [-0.4, -0.2) is 19.8 Å². The topological polar surface area (TPSA) is 30.5 Å². The molecule has 3 heteroatoms. The Bertz CT molecular complexity index is 602. The van der Waals surface area contributed by atoms with E-state index < -0.39 is 0 Å². The molecule has 0 aliphatic rings. The van der Waals surface area contributed by atoms with Gasteiger partial charge in [0.25, 0.3) is 0 Å². The van der Waals surface area contributed by atoms with Gasteiger partial charge < -0.3 is 14.8 Å². The van der Waals surface area contributed by atoms with Crippen molar-refractivity contribution in [1.29, 1.82) is 0 Å². The molecule has 0 spiro atoms. The third kappa shape index (κ3) is 7.18. The predicted octanol–water partition coefficient (Wildman–Crippen LogP) is 5.23. The maximum Gasteiger partial charge on any atom is 0.122 e. The normalized spacial score (nSPS) is 12.6. The predicted molar refractivity (Wildman–Crippen MR) is 104 cm³/mol. The minimum atomic E-state index is 0.287. The molecule has 1 unspecified atom stereocenters. The monoisotopic (exact) mass is 341 g/mol. The van der Waals surface area contributed by atoms with E-state index in [4.69, 9.17) is 9.47 Å². The van der Waals surface area contributed by atoms with Crippen LogP contribution in [0.5, 0.6) is 11.5 Å². The van der Waals surface area contributed by atoms with Crippen LogP contribution in [0.1, 0.15) is 45.7 Å². The molecule has 0 saturated carbocycles. The lowest BCUT2D eigenvalue weighted by Crippen LogP contribution is -2.30. The molecule has 25 heavy (non-hydrogen) atoms. The molecule has 1 N–H and O–H groups in total. The molecule has 0 bridgehead atoms. The average molecular weight is 341 g/mol. The van der Waals surface area contributed by atoms with E-state index in [-0.39, 0.29) is 5.41 Å². The fraction of sp³-hybridized carbons (Fsp3) is 0.455. The van der Waals surface area contributed by atoms with Crippen LogP contribution in [0, 0.1) is 5.41 Å². The van der Waals surface area contributed by atoms with Gasteiger partial charge in [0.15, 0.2) is 0 Å². The largest absolute Gasteiger partial charge is 0.490 e. The Morgan fingerprint density at radius 2 is 1.40 bits per heavy atom. The second-order valence-electron chi connectivity index (χ2n) is 7.48. The molecule has 0 aliphatic carbocycles. The van der Waals surface area contributed by atoms with Crippen molar-refractivity contribution < 1.29 is 9.47 Å². The third-order valence-corrected chi connectivity index (χ3v) is 3.93. The zero-order chi connectivity index (χ0) is 18.1. The van der Waals surface area contributed by atoms with Gasteiger partial charge in [0.2, 0.25) is 0 Å². The quantitative estimate of drug-likeness (QED) is 0.633. The molecular weight excluding hydrogens is 310 g/mol. The molecule has 0 aromatic heterocycles. The van der Waals surface area contributed by atoms with Gasteiger partial charge in [-0.3, -0.25) is 0 Å². The summed E-state index contributed by atoms with van der Waals surface area (Å²) in [6.45, 7) is 11.0. The Balaban J connectivity index is 1.78. The first-order valence-electron chi connectivity index (χ1n) is 9.12. The van der Waals surface area contributed by atoms with E-state index in [1.54, 1.807) is 0 Å². The van der Waals surface area contributed by atoms with Gasteiger partial charge in [-0.15, -0.1) is 0 Å². The highest BCUT2D eigenvalue weighted by molar-refractivity contribution is 5.29. The lowest BCUT2D eigenvalue weighted by molar-refractivity contribution is 0.217. The van der Waals surface area contributed by atoms with Crippen molar-refractivity contribution in [1.82, 2.24) is 5.32 Å². The van der Waals surface area contributed by atoms with Crippen LogP contribution in [0.3, 0.4) is 0 Å². The summed E-state index contributed by atoms with van der Waals surface area (Å²) < 4.78 is 11.4. The van der Waals surface area contributed by atoms with Crippen molar-refractivity contribution in [3.8, 4) is 11.5 Å². The summed E-state index contributed by atoms with van der Waals surface area (Å²) in [6.07, 6.45) is 1.07. The number of benzene rings is 2. The molecule has 0 radical (unpaired) electrons. The van der Waals surface area contributed by atoms with Crippen LogP contribution >= 0.6 is 0 Å². The van der Waals surface area contributed by atoms with Crippen molar-refractivity contribution >= 4 is 0 Å². The van der Waals surface area contributed by atoms with E-state index in [9.17, 15) is 0 Å². The summed E-state index contributed by atoms with van der Waals surface area (Å²) in [6, 6.07) is 18.6. The molecule has 2 rings (SSSR count). The molecular formula is C22H31NO2. The maximum atomic E-state index is 5.76. The van der Waals surface area contributed by atoms with Crippen LogP contribution in [0.25, 0.3) is 0 Å². The standard InChI is InChI=1S/C22H31NO2/c1-5-21(23-17-22(2,3)4)18-11-13-20(14-12-18)25-16-15-24-19-9-7-6-8-10-19/h6-14,21,23H,5,15-17H2,1-4H3. The number of para-hydroxylation sites is 1. The van der Waals surface area contributed by atoms with E-state index in [1.807, 2.05) is 42.5 Å². The third-order valence-electron chi connectivity index (χ3n) is 3.93. The second kappa shape index (κ2) is 9.47. The SMILES string of the molecule is CCC(NCC(C)(C)C)c1ccc(OCCOc2ccccc2)cc1. The Morgan fingerprint density at radius 3 is 1.92 bits per heavy atom. The number of nitrogens with one attached hydrogen (secondary N) is 1. The zero-order valence-corrected chi connectivity index (χ0v) is 15.9. The number of ether oxygens (including phenoxy) is 2. The van der Waals surface area contributed by atoms with E-state index in [2.05, 4.69) is 45.1 Å². The fourth-order valence-electron chi connectivity index (χ4n) is 2.56. The summed E-state index contributed by atoms with van der Waals surface area (Å²) in [5.41, 5.74) is 1.59. The molecule has 136 valence electrons. The van der Waals surface area contributed by atoms with E-state index in [0.29, 0.717) is 19.3 Å².